The molecule has 1 atom stereocenters. The van der Waals surface area contributed by atoms with Crippen molar-refractivity contribution < 1.29 is 14.0 Å². The second-order valence-corrected chi connectivity index (χ2v) is 8.86. The molecular formula is C29H22N4O3. The standard InChI is InChI=1S/C29H22N4O3/c1-32-17-31-15-27(32)29(35)21-7-6-19(14-30)20(10-21)16-36-23-5-3-4-18(11-23)24-13-28(34)33(2)26-9-8-22(29)12-25(24)26/h3-13,15,17,35H,16H2,1-2H3/t29-/m0/s1/i2D3. The van der Waals surface area contributed by atoms with Crippen molar-refractivity contribution in [1.29, 1.82) is 5.26 Å². The molecule has 3 heterocycles. The highest BCUT2D eigenvalue weighted by Crippen LogP contribution is 2.40. The Morgan fingerprint density at radius 3 is 2.75 bits per heavy atom. The first kappa shape index (κ1) is 18.6. The van der Waals surface area contributed by atoms with Gasteiger partial charge < -0.3 is 19.0 Å². The summed E-state index contributed by atoms with van der Waals surface area (Å²) in [5, 5.41) is 22.8. The quantitative estimate of drug-likeness (QED) is 0.394. The Morgan fingerprint density at radius 1 is 1.14 bits per heavy atom. The third kappa shape index (κ3) is 3.16. The zero-order valence-electron chi connectivity index (χ0n) is 22.3. The van der Waals surface area contributed by atoms with Crippen LogP contribution in [0.1, 0.15) is 32.1 Å². The van der Waals surface area contributed by atoms with Gasteiger partial charge in [-0.1, -0.05) is 24.3 Å². The predicted molar refractivity (Wildman–Crippen MR) is 135 cm³/mol. The average molecular weight is 478 g/mol. The van der Waals surface area contributed by atoms with Crippen molar-refractivity contribution >= 4 is 10.9 Å². The van der Waals surface area contributed by atoms with Gasteiger partial charge in [0.25, 0.3) is 5.56 Å². The largest absolute Gasteiger partial charge is 0.489 e. The van der Waals surface area contributed by atoms with Crippen molar-refractivity contribution in [1.82, 2.24) is 14.1 Å². The van der Waals surface area contributed by atoms with E-state index in [1.807, 2.05) is 0 Å². The number of imidazole rings is 1. The summed E-state index contributed by atoms with van der Waals surface area (Å²) in [5.41, 5.74) is 1.28. The molecule has 0 saturated heterocycles. The van der Waals surface area contributed by atoms with Crippen LogP contribution in [0.3, 0.4) is 0 Å². The summed E-state index contributed by atoms with van der Waals surface area (Å²) in [4.78, 5) is 17.4. The molecule has 0 aliphatic carbocycles. The van der Waals surface area contributed by atoms with Gasteiger partial charge in [0.15, 0.2) is 5.60 Å². The van der Waals surface area contributed by atoms with E-state index in [9.17, 15) is 15.2 Å². The SMILES string of the molecule is [2H]C([2H])([2H])n1c(=O)cc2c3cc(ccc31)[C@](O)(c1cncn1C)c1ccc(C#N)c(c1)COc1cccc-2c1. The van der Waals surface area contributed by atoms with E-state index in [1.165, 1.54) is 6.07 Å². The number of aryl methyl sites for hydroxylation is 2. The number of hydrogen-bond acceptors (Lipinski definition) is 5. The smallest absolute Gasteiger partial charge is 0.251 e. The third-order valence-electron chi connectivity index (χ3n) is 6.80. The van der Waals surface area contributed by atoms with Crippen LogP contribution in [0.25, 0.3) is 22.0 Å². The van der Waals surface area contributed by atoms with E-state index in [4.69, 9.17) is 8.85 Å². The van der Waals surface area contributed by atoms with Crippen molar-refractivity contribution in [2.75, 3.05) is 0 Å². The van der Waals surface area contributed by atoms with Crippen molar-refractivity contribution in [3.05, 3.63) is 118 Å². The van der Waals surface area contributed by atoms with Crippen LogP contribution in [0.2, 0.25) is 0 Å². The second-order valence-electron chi connectivity index (χ2n) is 8.86. The number of benzene rings is 3. The fraction of sp³-hybridized carbons (Fsp3) is 0.138. The van der Waals surface area contributed by atoms with Gasteiger partial charge >= 0.3 is 0 Å². The van der Waals surface area contributed by atoms with Crippen LogP contribution in [-0.2, 0) is 26.2 Å². The Kier molecular flexibility index (Phi) is 4.11. The first-order chi connectivity index (χ1) is 18.6. The highest BCUT2D eigenvalue weighted by atomic mass is 16.5. The summed E-state index contributed by atoms with van der Waals surface area (Å²) in [6.45, 7) is -2.65. The molecule has 0 unspecified atom stereocenters. The van der Waals surface area contributed by atoms with Gasteiger partial charge in [-0.25, -0.2) is 4.98 Å². The summed E-state index contributed by atoms with van der Waals surface area (Å²) in [6.07, 6.45) is 3.14. The Hall–Kier alpha value is -4.67. The number of nitrogens with zero attached hydrogens (tertiary/aromatic N) is 4. The summed E-state index contributed by atoms with van der Waals surface area (Å²) in [5.74, 6) is 0.507. The molecule has 2 aromatic heterocycles. The van der Waals surface area contributed by atoms with Gasteiger partial charge in [0.1, 0.15) is 12.4 Å². The summed E-state index contributed by atoms with van der Waals surface area (Å²) in [6, 6.07) is 20.5. The molecule has 3 aromatic carbocycles. The number of aromatic nitrogens is 3. The minimum absolute atomic E-state index is 0.0648. The highest BCUT2D eigenvalue weighted by Gasteiger charge is 2.37. The highest BCUT2D eigenvalue weighted by molar-refractivity contribution is 5.95. The molecule has 36 heavy (non-hydrogen) atoms. The minimum atomic E-state index is -2.72. The molecule has 1 N–H and O–H groups in total. The van der Waals surface area contributed by atoms with Gasteiger partial charge in [-0.2, -0.15) is 5.26 Å². The first-order valence-corrected chi connectivity index (χ1v) is 11.3. The number of pyridine rings is 1. The lowest BCUT2D eigenvalue weighted by atomic mass is 9.81. The predicted octanol–water partition coefficient (Wildman–Crippen LogP) is 3.99. The molecule has 1 aliphatic heterocycles. The van der Waals surface area contributed by atoms with E-state index in [1.54, 1.807) is 84.8 Å². The number of rotatable bonds is 1. The average Bonchev–Trinajstić information content (AvgIpc) is 3.35. The summed E-state index contributed by atoms with van der Waals surface area (Å²) in [7, 11) is 1.76. The topological polar surface area (TPSA) is 93.1 Å². The Morgan fingerprint density at radius 2 is 1.97 bits per heavy atom. The zero-order valence-corrected chi connectivity index (χ0v) is 19.3. The zero-order chi connectivity index (χ0) is 27.5. The number of ether oxygens (including phenoxy) is 1. The van der Waals surface area contributed by atoms with Crippen LogP contribution < -0.4 is 10.3 Å². The minimum Gasteiger partial charge on any atom is -0.489 e. The molecule has 0 fully saturated rings. The van der Waals surface area contributed by atoms with Gasteiger partial charge in [-0.3, -0.25) is 4.79 Å². The molecule has 176 valence electrons. The molecule has 0 saturated carbocycles. The molecule has 6 bridgehead atoms. The van der Waals surface area contributed by atoms with Gasteiger partial charge in [-0.15, -0.1) is 0 Å². The number of nitriles is 1. The van der Waals surface area contributed by atoms with Crippen molar-refractivity contribution in [2.24, 2.45) is 14.0 Å². The normalized spacial score (nSPS) is 18.1. The van der Waals surface area contributed by atoms with Crippen molar-refractivity contribution in [3.8, 4) is 22.9 Å². The maximum Gasteiger partial charge on any atom is 0.251 e. The van der Waals surface area contributed by atoms with E-state index >= 15 is 0 Å². The fourth-order valence-corrected chi connectivity index (χ4v) is 4.93. The van der Waals surface area contributed by atoms with Crippen LogP contribution in [0.5, 0.6) is 5.75 Å². The van der Waals surface area contributed by atoms with Crippen molar-refractivity contribution in [3.63, 3.8) is 0 Å². The van der Waals surface area contributed by atoms with E-state index in [0.29, 0.717) is 50.2 Å². The molecule has 1 aliphatic rings. The van der Waals surface area contributed by atoms with E-state index in [-0.39, 0.29) is 12.1 Å². The van der Waals surface area contributed by atoms with Gasteiger partial charge in [-0.05, 0) is 58.7 Å². The lowest BCUT2D eigenvalue weighted by molar-refractivity contribution is 0.117. The van der Waals surface area contributed by atoms with Crippen LogP contribution in [0.15, 0.2) is 84.0 Å². The molecule has 6 rings (SSSR count). The maximum atomic E-state index is 13.1. The molecule has 5 aromatic rings. The molecule has 7 heteroatoms. The van der Waals surface area contributed by atoms with Crippen LogP contribution in [-0.4, -0.2) is 19.2 Å². The monoisotopic (exact) mass is 477 g/mol. The summed E-state index contributed by atoms with van der Waals surface area (Å²) >= 11 is 0. The van der Waals surface area contributed by atoms with Gasteiger partial charge in [0, 0.05) is 35.2 Å². The Bertz CT molecular complexity index is 1880. The van der Waals surface area contributed by atoms with Crippen LogP contribution in [0.4, 0.5) is 0 Å². The molecule has 0 amide bonds. The first-order valence-electron chi connectivity index (χ1n) is 12.8. The second kappa shape index (κ2) is 7.94. The van der Waals surface area contributed by atoms with Gasteiger partial charge in [0.2, 0.25) is 0 Å². The number of fused-ring (bicyclic) bond motifs is 6. The molecule has 0 spiro atoms. The van der Waals surface area contributed by atoms with Crippen LogP contribution in [0, 0.1) is 11.3 Å². The van der Waals surface area contributed by atoms with E-state index < -0.39 is 18.1 Å². The van der Waals surface area contributed by atoms with Crippen LogP contribution >= 0.6 is 0 Å². The maximum absolute atomic E-state index is 13.1. The number of aliphatic hydroxyl groups is 1. The Labute approximate surface area is 211 Å². The summed E-state index contributed by atoms with van der Waals surface area (Å²) < 4.78 is 32.6. The van der Waals surface area contributed by atoms with E-state index in [0.717, 1.165) is 4.57 Å². The third-order valence-corrected chi connectivity index (χ3v) is 6.80. The molecular weight excluding hydrogens is 452 g/mol. The fourth-order valence-electron chi connectivity index (χ4n) is 4.93. The lowest BCUT2D eigenvalue weighted by Gasteiger charge is -2.31. The van der Waals surface area contributed by atoms with E-state index in [2.05, 4.69) is 11.1 Å². The Balaban J connectivity index is 1.78. The van der Waals surface area contributed by atoms with Crippen molar-refractivity contribution in [2.45, 2.75) is 12.2 Å². The molecule has 7 nitrogen and oxygen atoms in total. The number of hydrogen-bond donors (Lipinski definition) is 1. The molecule has 0 radical (unpaired) electrons. The van der Waals surface area contributed by atoms with Gasteiger partial charge in [0.05, 0.1) is 35.4 Å². The lowest BCUT2D eigenvalue weighted by Crippen LogP contribution is -2.31.